The van der Waals surface area contributed by atoms with E-state index >= 15 is 0 Å². The molecule has 0 aromatic heterocycles. The molecule has 0 aromatic carbocycles. The summed E-state index contributed by atoms with van der Waals surface area (Å²) in [6, 6.07) is 0. The molecule has 0 aromatic rings. The van der Waals surface area contributed by atoms with E-state index in [0.717, 1.165) is 42.8 Å². The number of allylic oxidation sites excluding steroid dienone is 9. The third-order valence-electron chi connectivity index (χ3n) is 6.42. The molecule has 1 atom stereocenters. The summed E-state index contributed by atoms with van der Waals surface area (Å²) >= 11 is 0. The molecule has 0 spiro atoms. The lowest BCUT2D eigenvalue weighted by molar-refractivity contribution is -0.125. The highest BCUT2D eigenvalue weighted by Crippen LogP contribution is 2.40. The van der Waals surface area contributed by atoms with Crippen molar-refractivity contribution in [1.82, 2.24) is 4.31 Å². The third kappa shape index (κ3) is 6.69. The number of hydrogen-bond donors (Lipinski definition) is 0. The van der Waals surface area contributed by atoms with Crippen LogP contribution in [0.2, 0.25) is 0 Å². The van der Waals surface area contributed by atoms with Gasteiger partial charge >= 0.3 is 0 Å². The monoisotopic (exact) mass is 481 g/mol. The molecule has 1 heterocycles. The van der Waals surface area contributed by atoms with Gasteiger partial charge in [-0.25, -0.2) is 12.7 Å². The molecule has 34 heavy (non-hydrogen) atoms. The van der Waals surface area contributed by atoms with E-state index < -0.39 is 27.1 Å². The molecule has 1 aliphatic heterocycles. The molecule has 0 bridgehead atoms. The van der Waals surface area contributed by atoms with Crippen LogP contribution in [0, 0.1) is 5.92 Å². The maximum absolute atomic E-state index is 14.0. The Labute approximate surface area is 206 Å². The summed E-state index contributed by atoms with van der Waals surface area (Å²) in [5, 5.41) is -0.580. The first-order valence-corrected chi connectivity index (χ1v) is 13.8. The lowest BCUT2D eigenvalue weighted by Crippen LogP contribution is -2.41. The Morgan fingerprint density at radius 2 is 1.38 bits per heavy atom. The first kappa shape index (κ1) is 27.6. The van der Waals surface area contributed by atoms with Crippen molar-refractivity contribution in [2.24, 2.45) is 5.92 Å². The van der Waals surface area contributed by atoms with Crippen molar-refractivity contribution in [2.75, 3.05) is 0 Å². The van der Waals surface area contributed by atoms with E-state index in [2.05, 4.69) is 26.3 Å². The Bertz CT molecular complexity index is 982. The lowest BCUT2D eigenvalue weighted by Gasteiger charge is -2.26. The maximum atomic E-state index is 14.0. The molecule has 1 aliphatic carbocycles. The van der Waals surface area contributed by atoms with Gasteiger partial charge in [-0.2, -0.15) is 0 Å². The highest BCUT2D eigenvalue weighted by atomic mass is 32.2. The highest BCUT2D eigenvalue weighted by Gasteiger charge is 2.46. The van der Waals surface area contributed by atoms with E-state index in [0.29, 0.717) is 29.7 Å². The predicted molar refractivity (Wildman–Crippen MR) is 143 cm³/mol. The van der Waals surface area contributed by atoms with Gasteiger partial charge in [0.15, 0.2) is 0 Å². The van der Waals surface area contributed by atoms with Crippen LogP contribution in [-0.4, -0.2) is 23.9 Å². The van der Waals surface area contributed by atoms with Crippen LogP contribution in [0.4, 0.5) is 0 Å². The molecule has 2 rings (SSSR count). The van der Waals surface area contributed by atoms with Crippen LogP contribution in [0.15, 0.2) is 97.8 Å². The Morgan fingerprint density at radius 3 is 1.88 bits per heavy atom. The van der Waals surface area contributed by atoms with Crippen LogP contribution in [-0.2, 0) is 14.8 Å². The van der Waals surface area contributed by atoms with Gasteiger partial charge < -0.3 is 0 Å². The Balaban J connectivity index is 2.57. The van der Waals surface area contributed by atoms with Crippen LogP contribution in [0.5, 0.6) is 0 Å². The van der Waals surface area contributed by atoms with Crippen molar-refractivity contribution in [1.29, 1.82) is 0 Å². The van der Waals surface area contributed by atoms with Gasteiger partial charge in [-0.1, -0.05) is 126 Å². The fraction of sp³-hybridized carbons (Fsp3) is 0.414. The fourth-order valence-corrected chi connectivity index (χ4v) is 6.77. The number of carbonyl (C=O) groups is 1. The molecule has 4 nitrogen and oxygen atoms in total. The molecule has 2 aliphatic rings. The van der Waals surface area contributed by atoms with E-state index in [4.69, 9.17) is 0 Å². The molecule has 1 unspecified atom stereocenters. The normalized spacial score (nSPS) is 22.2. The molecule has 0 saturated heterocycles. The summed E-state index contributed by atoms with van der Waals surface area (Å²) in [6.07, 6.45) is 24.6. The number of nitrogens with zero attached hydrogens (tertiary/aromatic N) is 1. The molecule has 0 radical (unpaired) electrons. The molecule has 0 N–H and O–H groups in total. The zero-order chi connectivity index (χ0) is 25.0. The molecule has 5 heteroatoms. The summed E-state index contributed by atoms with van der Waals surface area (Å²) in [4.78, 5) is 13.8. The molecule has 1 fully saturated rings. The van der Waals surface area contributed by atoms with Crippen molar-refractivity contribution in [3.8, 4) is 0 Å². The van der Waals surface area contributed by atoms with Crippen LogP contribution in [0.3, 0.4) is 0 Å². The Hall–Kier alpha value is -2.66. The average Bonchev–Trinajstić information content (AvgIpc) is 3.07. The number of amides is 1. The number of hydrogen-bond acceptors (Lipinski definition) is 3. The van der Waals surface area contributed by atoms with Gasteiger partial charge in [0.25, 0.3) is 5.91 Å². The summed E-state index contributed by atoms with van der Waals surface area (Å²) in [5.74, 6) is -1.26. The molecule has 184 valence electrons. The average molecular weight is 482 g/mol. The van der Waals surface area contributed by atoms with Crippen molar-refractivity contribution in [2.45, 2.75) is 69.5 Å². The minimum absolute atomic E-state index is 0.324. The van der Waals surface area contributed by atoms with Gasteiger partial charge in [0.05, 0.1) is 16.9 Å². The van der Waals surface area contributed by atoms with E-state index in [9.17, 15) is 13.2 Å². The van der Waals surface area contributed by atoms with Crippen molar-refractivity contribution in [3.63, 3.8) is 0 Å². The topological polar surface area (TPSA) is 54.5 Å². The quantitative estimate of drug-likeness (QED) is 0.330. The SMILES string of the molecule is C=C/C=C\C1=C(C=C)N(S(=O)(=O)C2CCCCCCCCCC2)C(=O)C1C(/C=C\C=C)=C/C=C. The van der Waals surface area contributed by atoms with Crippen LogP contribution >= 0.6 is 0 Å². The first-order valence-electron chi connectivity index (χ1n) is 12.3. The number of carbonyl (C=O) groups excluding carboxylic acids is 1. The summed E-state index contributed by atoms with van der Waals surface area (Å²) in [5.41, 5.74) is 1.55. The van der Waals surface area contributed by atoms with Gasteiger partial charge in [-0.05, 0) is 30.1 Å². The van der Waals surface area contributed by atoms with E-state index in [1.807, 2.05) is 0 Å². The maximum Gasteiger partial charge on any atom is 0.252 e. The third-order valence-corrected chi connectivity index (χ3v) is 8.62. The Morgan fingerprint density at radius 1 is 0.824 bits per heavy atom. The van der Waals surface area contributed by atoms with Gasteiger partial charge in [0, 0.05) is 0 Å². The second-order valence-corrected chi connectivity index (χ2v) is 10.8. The fourth-order valence-electron chi connectivity index (χ4n) is 4.73. The number of rotatable bonds is 9. The Kier molecular flexibility index (Phi) is 11.3. The minimum atomic E-state index is -3.91. The zero-order valence-electron chi connectivity index (χ0n) is 20.3. The zero-order valence-corrected chi connectivity index (χ0v) is 21.1. The van der Waals surface area contributed by atoms with Crippen molar-refractivity contribution < 1.29 is 13.2 Å². The van der Waals surface area contributed by atoms with Gasteiger partial charge in [0.1, 0.15) is 0 Å². The van der Waals surface area contributed by atoms with Crippen molar-refractivity contribution in [3.05, 3.63) is 97.8 Å². The standard InChI is InChI=1S/C29H39NO3S/c1-5-9-20-24(19-7-3)28-26(23-10-6-2)27(8-4)30(29(28)31)34(32,33)25-21-17-15-13-11-12-14-16-18-22-25/h5-10,19-20,23,25,28H,1-4,11-18,21-22H2/b20-9-,23-10-,24-19+. The van der Waals surface area contributed by atoms with Crippen molar-refractivity contribution >= 4 is 15.9 Å². The largest absolute Gasteiger partial charge is 0.272 e. The highest BCUT2D eigenvalue weighted by molar-refractivity contribution is 7.90. The first-order chi connectivity index (χ1) is 16.4. The van der Waals surface area contributed by atoms with Crippen LogP contribution in [0.1, 0.15) is 64.2 Å². The van der Waals surface area contributed by atoms with Gasteiger partial charge in [-0.3, -0.25) is 4.79 Å². The van der Waals surface area contributed by atoms with E-state index in [-0.39, 0.29) is 0 Å². The van der Waals surface area contributed by atoms with E-state index in [1.165, 1.54) is 18.9 Å². The number of sulfonamides is 1. The molecular formula is C29H39NO3S. The summed E-state index contributed by atoms with van der Waals surface area (Å²) in [7, 11) is -3.91. The van der Waals surface area contributed by atoms with E-state index in [1.54, 1.807) is 48.6 Å². The molecular weight excluding hydrogens is 442 g/mol. The molecule has 1 amide bonds. The predicted octanol–water partition coefficient (Wildman–Crippen LogP) is 7.09. The lowest BCUT2D eigenvalue weighted by atomic mass is 9.90. The van der Waals surface area contributed by atoms with Crippen LogP contribution in [0.25, 0.3) is 0 Å². The molecule has 1 saturated carbocycles. The van der Waals surface area contributed by atoms with Gasteiger partial charge in [-0.15, -0.1) is 0 Å². The second kappa shape index (κ2) is 13.9. The minimum Gasteiger partial charge on any atom is -0.272 e. The van der Waals surface area contributed by atoms with Crippen LogP contribution < -0.4 is 0 Å². The van der Waals surface area contributed by atoms with Gasteiger partial charge in [0.2, 0.25) is 10.0 Å². The summed E-state index contributed by atoms with van der Waals surface area (Å²) < 4.78 is 29.0. The smallest absolute Gasteiger partial charge is 0.252 e. The summed E-state index contributed by atoms with van der Waals surface area (Å²) in [6.45, 7) is 15.1. The second-order valence-electron chi connectivity index (χ2n) is 8.75.